The molecule has 384 valence electrons. The van der Waals surface area contributed by atoms with E-state index in [-0.39, 0.29) is 68.5 Å². The Balaban J connectivity index is 0.000000351. The molecule has 4 rings (SSSR count). The molecule has 4 heterocycles. The number of carbonyl (C=O) groups excluding carboxylic acids is 4. The Hall–Kier alpha value is -2.28. The van der Waals surface area contributed by atoms with Gasteiger partial charge in [-0.15, -0.1) is 0 Å². The summed E-state index contributed by atoms with van der Waals surface area (Å²) < 4.78 is 11.6. The summed E-state index contributed by atoms with van der Waals surface area (Å²) in [4.78, 5) is 52.3. The van der Waals surface area contributed by atoms with E-state index in [1.807, 2.05) is 9.80 Å². The Morgan fingerprint density at radius 1 is 0.394 bits per heavy atom. The highest BCUT2D eigenvalue weighted by Crippen LogP contribution is 2.34. The number of ether oxygens (including phenoxy) is 2. The molecule has 0 aromatic rings. The molecule has 0 aromatic carbocycles. The maximum absolute atomic E-state index is 12.3. The van der Waals surface area contributed by atoms with Crippen LogP contribution in [0.15, 0.2) is 0 Å². The third-order valence-corrected chi connectivity index (χ3v) is 14.0. The van der Waals surface area contributed by atoms with Crippen molar-refractivity contribution in [2.24, 2.45) is 0 Å². The van der Waals surface area contributed by atoms with Gasteiger partial charge in [-0.1, -0.05) is 38.5 Å². The maximum Gasteiger partial charge on any atom is 0.306 e. The zero-order valence-electron chi connectivity index (χ0n) is 45.4. The summed E-state index contributed by atoms with van der Waals surface area (Å²) in [5.74, 6) is -0.129. The van der Waals surface area contributed by atoms with Gasteiger partial charge in [0.05, 0.1) is 0 Å². The van der Waals surface area contributed by atoms with Crippen LogP contribution in [0.1, 0.15) is 239 Å². The Bertz CT molecular complexity index is 1360. The highest BCUT2D eigenvalue weighted by Gasteiger charge is 2.43. The number of hydrogen-bond donors (Lipinski definition) is 4. The predicted molar refractivity (Wildman–Crippen MR) is 270 cm³/mol. The van der Waals surface area contributed by atoms with Crippen molar-refractivity contribution < 1.29 is 28.7 Å². The molecule has 4 N–H and O–H groups in total. The first-order valence-corrected chi connectivity index (χ1v) is 26.2. The van der Waals surface area contributed by atoms with Crippen LogP contribution in [0.5, 0.6) is 0 Å². The fourth-order valence-corrected chi connectivity index (χ4v) is 13.0. The molecule has 12 nitrogen and oxygen atoms in total. The van der Waals surface area contributed by atoms with Crippen molar-refractivity contribution >= 4 is 24.8 Å². The quantitative estimate of drug-likeness (QED) is 0.0471. The van der Waals surface area contributed by atoms with Crippen molar-refractivity contribution in [2.75, 3.05) is 13.1 Å². The fraction of sp³-hybridized carbons (Fsp3) is 0.926. The van der Waals surface area contributed by atoms with E-state index in [2.05, 4.69) is 132 Å². The van der Waals surface area contributed by atoms with E-state index in [1.165, 1.54) is 0 Å². The molecule has 4 aliphatic heterocycles. The zero-order chi connectivity index (χ0) is 49.8. The van der Waals surface area contributed by atoms with Crippen molar-refractivity contribution in [3.63, 3.8) is 0 Å². The van der Waals surface area contributed by atoms with Gasteiger partial charge in [0.25, 0.3) is 0 Å². The van der Waals surface area contributed by atoms with Gasteiger partial charge in [0.15, 0.2) is 0 Å². The first kappa shape index (κ1) is 58.0. The van der Waals surface area contributed by atoms with Crippen LogP contribution in [0, 0.1) is 0 Å². The molecule has 4 aliphatic rings. The van der Waals surface area contributed by atoms with Gasteiger partial charge in [-0.2, -0.15) is 0 Å². The molecule has 0 aliphatic carbocycles. The van der Waals surface area contributed by atoms with Crippen molar-refractivity contribution in [2.45, 2.75) is 308 Å². The van der Waals surface area contributed by atoms with Gasteiger partial charge in [0.1, 0.15) is 12.2 Å². The third kappa shape index (κ3) is 22.0. The van der Waals surface area contributed by atoms with Crippen LogP contribution in [-0.2, 0) is 28.7 Å². The second-order valence-corrected chi connectivity index (χ2v) is 26.5. The molecule has 4 fully saturated rings. The first-order chi connectivity index (χ1) is 30.2. The molecule has 0 spiro atoms. The molecule has 66 heavy (non-hydrogen) atoms. The van der Waals surface area contributed by atoms with E-state index < -0.39 is 0 Å². The van der Waals surface area contributed by atoms with E-state index in [0.29, 0.717) is 24.9 Å². The van der Waals surface area contributed by atoms with Gasteiger partial charge in [-0.05, 0) is 162 Å². The average Bonchev–Trinajstić information content (AvgIpc) is 3.09. The highest BCUT2D eigenvalue weighted by molar-refractivity contribution is 5.70. The highest BCUT2D eigenvalue weighted by atomic mass is 16.5. The number of carbonyl (C=O) groups is 4. The van der Waals surface area contributed by atoms with Crippen molar-refractivity contribution in [1.82, 2.24) is 31.1 Å². The second-order valence-electron chi connectivity index (χ2n) is 26.5. The largest absolute Gasteiger partial charge is 0.462 e. The van der Waals surface area contributed by atoms with E-state index in [4.69, 9.17) is 9.47 Å². The van der Waals surface area contributed by atoms with E-state index in [1.54, 1.807) is 0 Å². The average molecular weight is 931 g/mol. The summed E-state index contributed by atoms with van der Waals surface area (Å²) in [5.41, 5.74) is 0.126. The van der Waals surface area contributed by atoms with E-state index >= 15 is 0 Å². The lowest BCUT2D eigenvalue weighted by molar-refractivity contribution is -0.154. The first-order valence-electron chi connectivity index (χ1n) is 26.2. The summed E-state index contributed by atoms with van der Waals surface area (Å²) in [5, 5.41) is 14.6. The van der Waals surface area contributed by atoms with Gasteiger partial charge in [0, 0.05) is 108 Å². The molecule has 2 amide bonds. The molecule has 0 atom stereocenters. The maximum atomic E-state index is 12.3. The molecule has 0 radical (unpaired) electrons. The van der Waals surface area contributed by atoms with Gasteiger partial charge >= 0.3 is 11.9 Å². The normalized spacial score (nSPS) is 24.2. The Labute approximate surface area is 404 Å². The van der Waals surface area contributed by atoms with Gasteiger partial charge in [0.2, 0.25) is 12.8 Å². The number of piperidine rings is 4. The van der Waals surface area contributed by atoms with Gasteiger partial charge in [-0.3, -0.25) is 19.2 Å². The number of amides is 2. The fourth-order valence-electron chi connectivity index (χ4n) is 13.0. The summed E-state index contributed by atoms with van der Waals surface area (Å²) in [6.07, 6.45) is 20.7. The van der Waals surface area contributed by atoms with Crippen LogP contribution in [0.25, 0.3) is 0 Å². The number of nitrogens with one attached hydrogen (secondary N) is 4. The molecule has 0 aromatic heterocycles. The standard InChI is InChI=1S/C28H52N2O4.C26H50N4O2/c1-25(2)17-21(18-26(3,4)29-25)33-23(31)15-13-11-9-10-12-14-16-24(32)34-22-19-27(5,6)30-28(7,8)20-22;1-23(2)15-21(16-24(3,4)27-23)29(19-31)13-11-9-10-12-14-30(20-32)22-17-25(5,6)28-26(7,8)18-22/h21-22,29-30H,9-20H2,1-8H3;19-22,27-28H,9-18H2,1-8H3. The molecule has 0 unspecified atom stereocenters. The van der Waals surface area contributed by atoms with Crippen LogP contribution in [0.3, 0.4) is 0 Å². The zero-order valence-corrected chi connectivity index (χ0v) is 45.4. The molecule has 0 saturated carbocycles. The van der Waals surface area contributed by atoms with Gasteiger partial charge < -0.3 is 40.5 Å². The van der Waals surface area contributed by atoms with Crippen molar-refractivity contribution in [3.05, 3.63) is 0 Å². The summed E-state index contributed by atoms with van der Waals surface area (Å²) >= 11 is 0. The molecule has 0 bridgehead atoms. The second kappa shape index (κ2) is 24.0. The van der Waals surface area contributed by atoms with E-state index in [0.717, 1.165) is 141 Å². The Morgan fingerprint density at radius 2 is 0.621 bits per heavy atom. The minimum absolute atomic E-state index is 0.000484. The minimum Gasteiger partial charge on any atom is -0.462 e. The summed E-state index contributed by atoms with van der Waals surface area (Å²) in [7, 11) is 0. The smallest absolute Gasteiger partial charge is 0.306 e. The lowest BCUT2D eigenvalue weighted by Gasteiger charge is -2.49. The van der Waals surface area contributed by atoms with Crippen LogP contribution in [-0.4, -0.2) is 116 Å². The summed E-state index contributed by atoms with van der Waals surface area (Å²) in [6, 6.07) is 0.604. The minimum atomic E-state index is -0.0643. The molecular weight excluding hydrogens is 829 g/mol. The molecule has 12 heteroatoms. The Morgan fingerprint density at radius 3 is 0.879 bits per heavy atom. The van der Waals surface area contributed by atoms with Crippen LogP contribution in [0.4, 0.5) is 0 Å². The van der Waals surface area contributed by atoms with Gasteiger partial charge in [-0.25, -0.2) is 0 Å². The topological polar surface area (TPSA) is 141 Å². The predicted octanol–water partition coefficient (Wildman–Crippen LogP) is 9.89. The van der Waals surface area contributed by atoms with Crippen molar-refractivity contribution in [3.8, 4) is 0 Å². The monoisotopic (exact) mass is 931 g/mol. The number of hydrogen-bond acceptors (Lipinski definition) is 10. The number of rotatable bonds is 22. The number of unbranched alkanes of at least 4 members (excludes halogenated alkanes) is 8. The molecular formula is C54H102N6O6. The van der Waals surface area contributed by atoms with Crippen molar-refractivity contribution in [1.29, 1.82) is 0 Å². The number of esters is 2. The summed E-state index contributed by atoms with van der Waals surface area (Å²) in [6.45, 7) is 36.9. The lowest BCUT2D eigenvalue weighted by atomic mass is 9.79. The SMILES string of the molecule is CC1(C)CC(N(C=O)CCCCCCN(C=O)C2CC(C)(C)NC(C)(C)C2)CC(C)(C)N1.CC1(C)CC(OC(=O)CCCCCCCCC(=O)OC2CC(C)(C)NC(C)(C)C2)CC(C)(C)N1. The van der Waals surface area contributed by atoms with E-state index in [9.17, 15) is 19.2 Å². The molecule has 4 saturated heterocycles. The van der Waals surface area contributed by atoms with Crippen LogP contribution in [0.2, 0.25) is 0 Å². The number of nitrogens with zero attached hydrogens (tertiary/aromatic N) is 2. The Kier molecular flexibility index (Phi) is 21.1. The van der Waals surface area contributed by atoms with Crippen LogP contribution >= 0.6 is 0 Å². The lowest BCUT2D eigenvalue weighted by Crippen LogP contribution is -2.62. The third-order valence-electron chi connectivity index (χ3n) is 14.0. The van der Waals surface area contributed by atoms with Crippen LogP contribution < -0.4 is 21.3 Å².